The Morgan fingerprint density at radius 2 is 2.05 bits per heavy atom. The minimum atomic E-state index is -0.785. The Kier molecular flexibility index (Phi) is 5.17. The molecule has 0 saturated heterocycles. The predicted octanol–water partition coefficient (Wildman–Crippen LogP) is 3.80. The summed E-state index contributed by atoms with van der Waals surface area (Å²) in [4.78, 5) is 21.7. The van der Waals surface area contributed by atoms with Gasteiger partial charge < -0.3 is 10.4 Å². The fourth-order valence-corrected chi connectivity index (χ4v) is 3.19. The lowest BCUT2D eigenvalue weighted by molar-refractivity contribution is -0.384. The summed E-state index contributed by atoms with van der Waals surface area (Å²) >= 11 is 3.30. The number of hydrogen-bond acceptors (Lipinski definition) is 4. The van der Waals surface area contributed by atoms with E-state index in [4.69, 9.17) is 0 Å². The molecule has 2 unspecified atom stereocenters. The molecule has 21 heavy (non-hydrogen) atoms. The van der Waals surface area contributed by atoms with Crippen LogP contribution in [-0.2, 0) is 4.79 Å². The largest absolute Gasteiger partial charge is 0.481 e. The van der Waals surface area contributed by atoms with Gasteiger partial charge in [-0.2, -0.15) is 0 Å². The van der Waals surface area contributed by atoms with Crippen molar-refractivity contribution < 1.29 is 14.8 Å². The van der Waals surface area contributed by atoms with Crippen molar-refractivity contribution in [2.45, 2.75) is 38.1 Å². The molecule has 1 aromatic rings. The van der Waals surface area contributed by atoms with Crippen LogP contribution in [0.25, 0.3) is 0 Å². The maximum absolute atomic E-state index is 11.4. The third kappa shape index (κ3) is 3.93. The van der Waals surface area contributed by atoms with E-state index in [-0.39, 0.29) is 11.7 Å². The quantitative estimate of drug-likeness (QED) is 0.486. The van der Waals surface area contributed by atoms with Crippen LogP contribution in [0, 0.1) is 16.0 Å². The van der Waals surface area contributed by atoms with E-state index in [1.54, 1.807) is 6.07 Å². The molecule has 6 nitrogen and oxygen atoms in total. The van der Waals surface area contributed by atoms with Crippen molar-refractivity contribution in [2.24, 2.45) is 5.92 Å². The van der Waals surface area contributed by atoms with Gasteiger partial charge in [-0.05, 0) is 34.8 Å². The summed E-state index contributed by atoms with van der Waals surface area (Å²) in [6.07, 6.45) is 4.42. The maximum Gasteiger partial charge on any atom is 0.308 e. The fourth-order valence-electron chi connectivity index (χ4n) is 2.71. The van der Waals surface area contributed by atoms with Gasteiger partial charge in [0.15, 0.2) is 0 Å². The summed E-state index contributed by atoms with van der Waals surface area (Å²) in [6, 6.07) is 4.31. The van der Waals surface area contributed by atoms with E-state index >= 15 is 0 Å². The highest BCUT2D eigenvalue weighted by Gasteiger charge is 2.29. The molecule has 2 rings (SSSR count). The number of nitrogens with one attached hydrogen (secondary N) is 1. The molecule has 114 valence electrons. The van der Waals surface area contributed by atoms with Crippen molar-refractivity contribution in [3.8, 4) is 0 Å². The number of carbonyl (C=O) groups is 1. The minimum Gasteiger partial charge on any atom is -0.481 e. The molecule has 1 aliphatic rings. The number of aliphatic carboxylic acids is 1. The van der Waals surface area contributed by atoms with E-state index in [1.165, 1.54) is 12.1 Å². The number of benzene rings is 1. The van der Waals surface area contributed by atoms with Crippen LogP contribution in [0.1, 0.15) is 32.1 Å². The number of non-ortho nitro benzene ring substituents is 1. The van der Waals surface area contributed by atoms with Crippen LogP contribution in [0.3, 0.4) is 0 Å². The number of carboxylic acid groups (broad SMARTS) is 1. The molecule has 7 heteroatoms. The van der Waals surface area contributed by atoms with Crippen LogP contribution in [0.2, 0.25) is 0 Å². The highest BCUT2D eigenvalue weighted by molar-refractivity contribution is 9.10. The third-order valence-corrected chi connectivity index (χ3v) is 4.49. The van der Waals surface area contributed by atoms with Crippen LogP contribution in [0.4, 0.5) is 11.4 Å². The van der Waals surface area contributed by atoms with Gasteiger partial charge in [-0.1, -0.05) is 19.3 Å². The molecule has 0 radical (unpaired) electrons. The molecule has 0 spiro atoms. The molecule has 1 aromatic carbocycles. The Labute approximate surface area is 130 Å². The molecule has 2 atom stereocenters. The topological polar surface area (TPSA) is 92.5 Å². The van der Waals surface area contributed by atoms with Gasteiger partial charge in [0.2, 0.25) is 0 Å². The van der Waals surface area contributed by atoms with E-state index in [9.17, 15) is 20.0 Å². The monoisotopic (exact) mass is 356 g/mol. The molecule has 1 aliphatic carbocycles. The van der Waals surface area contributed by atoms with E-state index < -0.39 is 16.8 Å². The smallest absolute Gasteiger partial charge is 0.308 e. The second-order valence-electron chi connectivity index (χ2n) is 5.25. The number of rotatable bonds is 4. The SMILES string of the molecule is O=C(O)C1CCCCCC1Nc1ccc([N+](=O)[O-])cc1Br. The first kappa shape index (κ1) is 15.8. The Hall–Kier alpha value is -1.63. The lowest BCUT2D eigenvalue weighted by atomic mass is 9.94. The third-order valence-electron chi connectivity index (χ3n) is 3.84. The van der Waals surface area contributed by atoms with Gasteiger partial charge in [0.25, 0.3) is 5.69 Å². The standard InChI is InChI=1S/C14H17BrN2O4/c15-11-8-9(17(20)21)6-7-13(11)16-12-5-3-1-2-4-10(12)14(18)19/h6-8,10,12,16H,1-5H2,(H,18,19). The molecule has 1 saturated carbocycles. The zero-order chi connectivity index (χ0) is 15.4. The van der Waals surface area contributed by atoms with Gasteiger partial charge in [0.1, 0.15) is 0 Å². The Morgan fingerprint density at radius 3 is 2.67 bits per heavy atom. The van der Waals surface area contributed by atoms with Gasteiger partial charge in [-0.3, -0.25) is 14.9 Å². The highest BCUT2D eigenvalue weighted by atomic mass is 79.9. The van der Waals surface area contributed by atoms with Gasteiger partial charge in [0, 0.05) is 28.3 Å². The number of halogens is 1. The summed E-state index contributed by atoms with van der Waals surface area (Å²) in [5.74, 6) is -1.21. The number of hydrogen-bond donors (Lipinski definition) is 2. The maximum atomic E-state index is 11.4. The first-order chi connectivity index (χ1) is 9.99. The van der Waals surface area contributed by atoms with Crippen LogP contribution in [-0.4, -0.2) is 22.0 Å². The highest BCUT2D eigenvalue weighted by Crippen LogP contribution is 2.31. The summed E-state index contributed by atoms with van der Waals surface area (Å²) in [5, 5.41) is 23.3. The lowest BCUT2D eigenvalue weighted by Gasteiger charge is -2.24. The first-order valence-corrected chi connectivity index (χ1v) is 7.71. The van der Waals surface area contributed by atoms with E-state index in [0.717, 1.165) is 25.7 Å². The van der Waals surface area contributed by atoms with Crippen molar-refractivity contribution in [3.63, 3.8) is 0 Å². The summed E-state index contributed by atoms with van der Waals surface area (Å²) in [6.45, 7) is 0. The second-order valence-corrected chi connectivity index (χ2v) is 6.11. The molecule has 2 N–H and O–H groups in total. The van der Waals surface area contributed by atoms with E-state index in [0.29, 0.717) is 16.6 Å². The average molecular weight is 357 g/mol. The molecule has 0 bridgehead atoms. The number of nitrogens with zero attached hydrogens (tertiary/aromatic N) is 1. The van der Waals surface area contributed by atoms with Crippen molar-refractivity contribution in [3.05, 3.63) is 32.8 Å². The predicted molar refractivity (Wildman–Crippen MR) is 82.4 cm³/mol. The van der Waals surface area contributed by atoms with Crippen molar-refractivity contribution in [1.82, 2.24) is 0 Å². The van der Waals surface area contributed by atoms with Crippen LogP contribution in [0.15, 0.2) is 22.7 Å². The van der Waals surface area contributed by atoms with Gasteiger partial charge in [0.05, 0.1) is 10.8 Å². The first-order valence-electron chi connectivity index (χ1n) is 6.92. The average Bonchev–Trinajstić information content (AvgIpc) is 2.66. The molecule has 0 aromatic heterocycles. The Balaban J connectivity index is 2.18. The lowest BCUT2D eigenvalue weighted by Crippen LogP contribution is -2.33. The van der Waals surface area contributed by atoms with Crippen LogP contribution >= 0.6 is 15.9 Å². The molecule has 1 fully saturated rings. The second kappa shape index (κ2) is 6.89. The number of anilines is 1. The zero-order valence-corrected chi connectivity index (χ0v) is 13.0. The van der Waals surface area contributed by atoms with Gasteiger partial charge in [-0.15, -0.1) is 0 Å². The summed E-state index contributed by atoms with van der Waals surface area (Å²) in [5.41, 5.74) is 0.696. The number of nitro groups is 1. The van der Waals surface area contributed by atoms with Crippen molar-refractivity contribution in [2.75, 3.05) is 5.32 Å². The number of carboxylic acids is 1. The van der Waals surface area contributed by atoms with Crippen molar-refractivity contribution in [1.29, 1.82) is 0 Å². The van der Waals surface area contributed by atoms with Gasteiger partial charge in [-0.25, -0.2) is 0 Å². The van der Waals surface area contributed by atoms with Crippen LogP contribution < -0.4 is 5.32 Å². The number of nitro benzene ring substituents is 1. The zero-order valence-electron chi connectivity index (χ0n) is 11.4. The molecule has 0 amide bonds. The Morgan fingerprint density at radius 1 is 1.33 bits per heavy atom. The van der Waals surface area contributed by atoms with Crippen LogP contribution in [0.5, 0.6) is 0 Å². The van der Waals surface area contributed by atoms with Gasteiger partial charge >= 0.3 is 5.97 Å². The molecule has 0 heterocycles. The molecule has 0 aliphatic heterocycles. The van der Waals surface area contributed by atoms with E-state index in [1.807, 2.05) is 0 Å². The Bertz CT molecular complexity index is 550. The fraction of sp³-hybridized carbons (Fsp3) is 0.500. The van der Waals surface area contributed by atoms with Crippen molar-refractivity contribution >= 4 is 33.3 Å². The minimum absolute atomic E-state index is 0.00285. The van der Waals surface area contributed by atoms with E-state index in [2.05, 4.69) is 21.2 Å². The molecular weight excluding hydrogens is 340 g/mol. The molecular formula is C14H17BrN2O4. The summed E-state index contributed by atoms with van der Waals surface area (Å²) < 4.78 is 0.574. The summed E-state index contributed by atoms with van der Waals surface area (Å²) in [7, 11) is 0. The normalized spacial score (nSPS) is 22.3.